The Morgan fingerprint density at radius 2 is 1.79 bits per heavy atom. The monoisotopic (exact) mass is 336 g/mol. The van der Waals surface area contributed by atoms with E-state index >= 15 is 0 Å². The van der Waals surface area contributed by atoms with Gasteiger partial charge in [0.1, 0.15) is 11.8 Å². The summed E-state index contributed by atoms with van der Waals surface area (Å²) in [5, 5.41) is 5.14. The number of rotatable bonds is 9. The van der Waals surface area contributed by atoms with Crippen LogP contribution in [0.5, 0.6) is 5.75 Å². The number of nitrogens with one attached hydrogen (secondary N) is 2. The van der Waals surface area contributed by atoms with Crippen LogP contribution in [0.2, 0.25) is 0 Å². The highest BCUT2D eigenvalue weighted by Crippen LogP contribution is 2.12. The predicted octanol–water partition coefficient (Wildman–Crippen LogP) is 1.27. The fourth-order valence-corrected chi connectivity index (χ4v) is 1.82. The Balaban J connectivity index is 2.40. The molecular weight excluding hydrogens is 312 g/mol. The smallest absolute Gasteiger partial charge is 0.338 e. The standard InChI is InChI=1S/C17H24N2O5/c1-4-10-18-16(21)12(3)19-15(20)11-24-17(22)13-6-8-14(9-7-13)23-5-2/h6-9,12H,4-5,10-11H2,1-3H3,(H,18,21)(H,19,20)/t12-/m1/s1. The van der Waals surface area contributed by atoms with Gasteiger partial charge < -0.3 is 20.1 Å². The van der Waals surface area contributed by atoms with Gasteiger partial charge in [-0.3, -0.25) is 9.59 Å². The fourth-order valence-electron chi connectivity index (χ4n) is 1.82. The molecular formula is C17H24N2O5. The summed E-state index contributed by atoms with van der Waals surface area (Å²) in [6.45, 7) is 6.00. The van der Waals surface area contributed by atoms with Crippen LogP contribution in [0.15, 0.2) is 24.3 Å². The molecule has 0 bridgehead atoms. The van der Waals surface area contributed by atoms with Crippen molar-refractivity contribution in [2.24, 2.45) is 0 Å². The fraction of sp³-hybridized carbons (Fsp3) is 0.471. The molecule has 0 spiro atoms. The van der Waals surface area contributed by atoms with E-state index in [9.17, 15) is 14.4 Å². The Hall–Kier alpha value is -2.57. The molecule has 1 aromatic rings. The summed E-state index contributed by atoms with van der Waals surface area (Å²) < 4.78 is 10.2. The molecule has 0 saturated carbocycles. The largest absolute Gasteiger partial charge is 0.494 e. The molecule has 0 heterocycles. The van der Waals surface area contributed by atoms with Crippen LogP contribution in [0.1, 0.15) is 37.6 Å². The Bertz CT molecular complexity index is 557. The summed E-state index contributed by atoms with van der Waals surface area (Å²) in [5.74, 6) is -0.772. The number of ether oxygens (including phenoxy) is 2. The lowest BCUT2D eigenvalue weighted by Gasteiger charge is -2.13. The summed E-state index contributed by atoms with van der Waals surface area (Å²) in [6, 6.07) is 5.74. The summed E-state index contributed by atoms with van der Waals surface area (Å²) in [6.07, 6.45) is 0.812. The SMILES string of the molecule is CCCNC(=O)[C@@H](C)NC(=O)COC(=O)c1ccc(OCC)cc1. The van der Waals surface area contributed by atoms with E-state index in [2.05, 4.69) is 10.6 Å². The van der Waals surface area contributed by atoms with Crippen LogP contribution in [0.25, 0.3) is 0 Å². The van der Waals surface area contributed by atoms with Crippen molar-refractivity contribution in [3.05, 3.63) is 29.8 Å². The number of carbonyl (C=O) groups is 3. The molecule has 0 aliphatic rings. The molecule has 0 saturated heterocycles. The minimum atomic E-state index is -0.687. The zero-order valence-corrected chi connectivity index (χ0v) is 14.3. The highest BCUT2D eigenvalue weighted by atomic mass is 16.5. The van der Waals surface area contributed by atoms with Gasteiger partial charge in [-0.2, -0.15) is 0 Å². The second-order valence-electron chi connectivity index (χ2n) is 5.11. The van der Waals surface area contributed by atoms with Crippen molar-refractivity contribution < 1.29 is 23.9 Å². The van der Waals surface area contributed by atoms with Crippen molar-refractivity contribution in [1.29, 1.82) is 0 Å². The quantitative estimate of drug-likeness (QED) is 0.663. The van der Waals surface area contributed by atoms with Gasteiger partial charge in [-0.05, 0) is 44.5 Å². The third kappa shape index (κ3) is 6.68. The Kier molecular flexibility index (Phi) is 8.32. The van der Waals surface area contributed by atoms with Gasteiger partial charge in [0.15, 0.2) is 6.61 Å². The first kappa shape index (κ1) is 19.5. The Labute approximate surface area is 141 Å². The number of hydrogen-bond donors (Lipinski definition) is 2. The van der Waals surface area contributed by atoms with Gasteiger partial charge in [0.05, 0.1) is 12.2 Å². The molecule has 0 aliphatic carbocycles. The average Bonchev–Trinajstić information content (AvgIpc) is 2.58. The minimum absolute atomic E-state index is 0.275. The number of carbonyl (C=O) groups excluding carboxylic acids is 3. The maximum atomic E-state index is 11.9. The lowest BCUT2D eigenvalue weighted by Crippen LogP contribution is -2.46. The number of amides is 2. The molecule has 0 aromatic heterocycles. The maximum Gasteiger partial charge on any atom is 0.338 e. The first-order valence-corrected chi connectivity index (χ1v) is 7.95. The number of benzene rings is 1. The van der Waals surface area contributed by atoms with Crippen LogP contribution >= 0.6 is 0 Å². The minimum Gasteiger partial charge on any atom is -0.494 e. The van der Waals surface area contributed by atoms with Crippen LogP contribution < -0.4 is 15.4 Å². The van der Waals surface area contributed by atoms with Crippen molar-refractivity contribution >= 4 is 17.8 Å². The molecule has 0 fully saturated rings. The molecule has 24 heavy (non-hydrogen) atoms. The van der Waals surface area contributed by atoms with Crippen LogP contribution in [0, 0.1) is 0 Å². The van der Waals surface area contributed by atoms with E-state index < -0.39 is 24.5 Å². The molecule has 7 nitrogen and oxygen atoms in total. The van der Waals surface area contributed by atoms with E-state index in [1.54, 1.807) is 31.2 Å². The van der Waals surface area contributed by atoms with Gasteiger partial charge in [-0.15, -0.1) is 0 Å². The molecule has 2 amide bonds. The van der Waals surface area contributed by atoms with Gasteiger partial charge in [0, 0.05) is 6.54 Å². The maximum absolute atomic E-state index is 11.9. The number of hydrogen-bond acceptors (Lipinski definition) is 5. The Morgan fingerprint density at radius 3 is 2.38 bits per heavy atom. The van der Waals surface area contributed by atoms with Gasteiger partial charge >= 0.3 is 5.97 Å². The second kappa shape index (κ2) is 10.3. The third-order valence-corrected chi connectivity index (χ3v) is 3.06. The van der Waals surface area contributed by atoms with Crippen LogP contribution in [0.3, 0.4) is 0 Å². The second-order valence-corrected chi connectivity index (χ2v) is 5.11. The molecule has 7 heteroatoms. The lowest BCUT2D eigenvalue weighted by atomic mass is 10.2. The van der Waals surface area contributed by atoms with Gasteiger partial charge in [0.25, 0.3) is 5.91 Å². The van der Waals surface area contributed by atoms with E-state index in [-0.39, 0.29) is 5.91 Å². The zero-order chi connectivity index (χ0) is 17.9. The summed E-state index contributed by atoms with van der Waals surface area (Å²) in [7, 11) is 0. The Morgan fingerprint density at radius 1 is 1.12 bits per heavy atom. The summed E-state index contributed by atoms with van der Waals surface area (Å²) in [5.41, 5.74) is 0.319. The van der Waals surface area contributed by atoms with Crippen LogP contribution in [0.4, 0.5) is 0 Å². The normalized spacial score (nSPS) is 11.3. The highest BCUT2D eigenvalue weighted by Gasteiger charge is 2.16. The average molecular weight is 336 g/mol. The molecule has 2 N–H and O–H groups in total. The van der Waals surface area contributed by atoms with Crippen molar-refractivity contribution in [2.45, 2.75) is 33.2 Å². The van der Waals surface area contributed by atoms with E-state index in [4.69, 9.17) is 9.47 Å². The van der Waals surface area contributed by atoms with Crippen molar-refractivity contribution in [3.63, 3.8) is 0 Å². The number of esters is 1. The van der Waals surface area contributed by atoms with E-state index in [0.717, 1.165) is 6.42 Å². The van der Waals surface area contributed by atoms with Gasteiger partial charge in [-0.1, -0.05) is 6.92 Å². The van der Waals surface area contributed by atoms with Gasteiger partial charge in [-0.25, -0.2) is 4.79 Å². The molecule has 132 valence electrons. The molecule has 0 unspecified atom stereocenters. The highest BCUT2D eigenvalue weighted by molar-refractivity contribution is 5.92. The molecule has 0 radical (unpaired) electrons. The van der Waals surface area contributed by atoms with Crippen molar-refractivity contribution in [2.75, 3.05) is 19.8 Å². The summed E-state index contributed by atoms with van der Waals surface area (Å²) in [4.78, 5) is 35.2. The zero-order valence-electron chi connectivity index (χ0n) is 14.3. The van der Waals surface area contributed by atoms with E-state index in [1.807, 2.05) is 13.8 Å². The van der Waals surface area contributed by atoms with Crippen LogP contribution in [-0.4, -0.2) is 43.6 Å². The molecule has 1 rings (SSSR count). The first-order chi connectivity index (χ1) is 11.5. The van der Waals surface area contributed by atoms with Gasteiger partial charge in [0.2, 0.25) is 5.91 Å². The summed E-state index contributed by atoms with van der Waals surface area (Å²) >= 11 is 0. The van der Waals surface area contributed by atoms with Crippen molar-refractivity contribution in [3.8, 4) is 5.75 Å². The van der Waals surface area contributed by atoms with E-state index in [0.29, 0.717) is 24.5 Å². The van der Waals surface area contributed by atoms with Crippen molar-refractivity contribution in [1.82, 2.24) is 10.6 Å². The molecule has 1 atom stereocenters. The van der Waals surface area contributed by atoms with Crippen LogP contribution in [-0.2, 0) is 14.3 Å². The lowest BCUT2D eigenvalue weighted by molar-refractivity contribution is -0.130. The van der Waals surface area contributed by atoms with E-state index in [1.165, 1.54) is 0 Å². The topological polar surface area (TPSA) is 93.7 Å². The third-order valence-electron chi connectivity index (χ3n) is 3.06. The molecule has 1 aromatic carbocycles. The predicted molar refractivity (Wildman–Crippen MR) is 88.8 cm³/mol. The first-order valence-electron chi connectivity index (χ1n) is 7.95. The molecule has 0 aliphatic heterocycles.